The van der Waals surface area contributed by atoms with Gasteiger partial charge in [0.1, 0.15) is 23.9 Å². The van der Waals surface area contributed by atoms with Crippen molar-refractivity contribution in [3.05, 3.63) is 42.2 Å². The Hall–Kier alpha value is -1.74. The first-order valence-corrected chi connectivity index (χ1v) is 4.67. The van der Waals surface area contributed by atoms with Gasteiger partial charge in [-0.15, -0.1) is 0 Å². The highest BCUT2D eigenvalue weighted by Crippen LogP contribution is 2.24. The molecule has 0 aliphatic rings. The molecule has 78 valence electrons. The molecule has 0 fully saturated rings. The van der Waals surface area contributed by atoms with E-state index in [2.05, 4.69) is 0 Å². The van der Waals surface area contributed by atoms with E-state index in [1.807, 2.05) is 30.3 Å². The quantitative estimate of drug-likeness (QED) is 0.835. The molecule has 0 aliphatic carbocycles. The Morgan fingerprint density at radius 1 is 1.13 bits per heavy atom. The van der Waals surface area contributed by atoms with Crippen molar-refractivity contribution in [3.8, 4) is 17.1 Å². The second kappa shape index (κ2) is 4.19. The number of methoxy groups -OCH3 is 1. The van der Waals surface area contributed by atoms with Crippen LogP contribution in [0.2, 0.25) is 0 Å². The third-order valence-corrected chi connectivity index (χ3v) is 2.19. The van der Waals surface area contributed by atoms with E-state index in [0.29, 0.717) is 5.76 Å². The molecule has 0 saturated heterocycles. The Balaban J connectivity index is 2.28. The largest absolute Gasteiger partial charge is 0.497 e. The Labute approximate surface area is 87.9 Å². The van der Waals surface area contributed by atoms with Crippen LogP contribution in [0.15, 0.2) is 40.8 Å². The predicted molar refractivity (Wildman–Crippen MR) is 56.6 cm³/mol. The fraction of sp³-hybridized carbons (Fsp3) is 0.167. The van der Waals surface area contributed by atoms with Crippen LogP contribution in [0.1, 0.15) is 5.76 Å². The summed E-state index contributed by atoms with van der Waals surface area (Å²) >= 11 is 0. The maximum atomic E-state index is 8.87. The van der Waals surface area contributed by atoms with E-state index in [4.69, 9.17) is 14.3 Å². The summed E-state index contributed by atoms with van der Waals surface area (Å²) < 4.78 is 10.5. The van der Waals surface area contributed by atoms with Gasteiger partial charge < -0.3 is 14.3 Å². The molecule has 0 aliphatic heterocycles. The molecule has 0 bridgehead atoms. The topological polar surface area (TPSA) is 42.6 Å². The molecule has 0 atom stereocenters. The molecule has 0 saturated carbocycles. The molecule has 3 heteroatoms. The van der Waals surface area contributed by atoms with Gasteiger partial charge in [0.2, 0.25) is 0 Å². The maximum absolute atomic E-state index is 8.87. The van der Waals surface area contributed by atoms with Gasteiger partial charge in [0, 0.05) is 5.56 Å². The zero-order valence-corrected chi connectivity index (χ0v) is 8.43. The number of aliphatic hydroxyl groups excluding tert-OH is 1. The number of hydrogen-bond donors (Lipinski definition) is 1. The van der Waals surface area contributed by atoms with Gasteiger partial charge >= 0.3 is 0 Å². The second-order valence-electron chi connectivity index (χ2n) is 3.15. The number of hydrogen-bond acceptors (Lipinski definition) is 3. The van der Waals surface area contributed by atoms with Crippen molar-refractivity contribution in [2.24, 2.45) is 0 Å². The van der Waals surface area contributed by atoms with Gasteiger partial charge in [0.15, 0.2) is 0 Å². The van der Waals surface area contributed by atoms with Crippen LogP contribution in [0, 0.1) is 0 Å². The van der Waals surface area contributed by atoms with Crippen LogP contribution in [-0.4, -0.2) is 12.2 Å². The standard InChI is InChI=1S/C12H12O3/c1-14-10-4-2-9(3-5-10)12-7-6-11(8-13)15-12/h2-7,13H,8H2,1H3. The number of aliphatic hydroxyl groups is 1. The lowest BCUT2D eigenvalue weighted by Crippen LogP contribution is -1.81. The highest BCUT2D eigenvalue weighted by Gasteiger charge is 2.03. The smallest absolute Gasteiger partial charge is 0.134 e. The fourth-order valence-corrected chi connectivity index (χ4v) is 1.37. The van der Waals surface area contributed by atoms with Gasteiger partial charge in [-0.2, -0.15) is 0 Å². The summed E-state index contributed by atoms with van der Waals surface area (Å²) in [6.07, 6.45) is 0. The zero-order valence-electron chi connectivity index (χ0n) is 8.43. The van der Waals surface area contributed by atoms with Crippen LogP contribution < -0.4 is 4.74 Å². The summed E-state index contributed by atoms with van der Waals surface area (Å²) in [6, 6.07) is 11.2. The van der Waals surface area contributed by atoms with Gasteiger partial charge in [-0.3, -0.25) is 0 Å². The molecular weight excluding hydrogens is 192 g/mol. The van der Waals surface area contributed by atoms with Crippen LogP contribution in [0.5, 0.6) is 5.75 Å². The Morgan fingerprint density at radius 2 is 1.87 bits per heavy atom. The van der Waals surface area contributed by atoms with Gasteiger partial charge in [-0.25, -0.2) is 0 Å². The Kier molecular flexibility index (Phi) is 2.74. The summed E-state index contributed by atoms with van der Waals surface area (Å²) in [5.41, 5.74) is 0.968. The molecular formula is C12H12O3. The number of rotatable bonds is 3. The molecule has 2 rings (SSSR count). The first-order chi connectivity index (χ1) is 7.33. The van der Waals surface area contributed by atoms with E-state index in [-0.39, 0.29) is 6.61 Å². The van der Waals surface area contributed by atoms with Crippen molar-refractivity contribution in [2.75, 3.05) is 7.11 Å². The highest BCUT2D eigenvalue weighted by molar-refractivity contribution is 5.58. The van der Waals surface area contributed by atoms with Crippen molar-refractivity contribution < 1.29 is 14.3 Å². The number of furan rings is 1. The van der Waals surface area contributed by atoms with Gasteiger partial charge in [-0.05, 0) is 36.4 Å². The zero-order chi connectivity index (χ0) is 10.7. The normalized spacial score (nSPS) is 10.3. The average molecular weight is 204 g/mol. The summed E-state index contributed by atoms with van der Waals surface area (Å²) in [4.78, 5) is 0. The molecule has 1 aromatic carbocycles. The molecule has 2 aromatic rings. The number of ether oxygens (including phenoxy) is 1. The van der Waals surface area contributed by atoms with E-state index in [1.54, 1.807) is 13.2 Å². The van der Waals surface area contributed by atoms with Crippen molar-refractivity contribution in [1.82, 2.24) is 0 Å². The minimum absolute atomic E-state index is 0.0733. The van der Waals surface area contributed by atoms with Gasteiger partial charge in [0.25, 0.3) is 0 Å². The van der Waals surface area contributed by atoms with Crippen molar-refractivity contribution >= 4 is 0 Å². The first kappa shape index (κ1) is 9.80. The molecule has 15 heavy (non-hydrogen) atoms. The summed E-state index contributed by atoms with van der Waals surface area (Å²) in [5, 5.41) is 8.87. The van der Waals surface area contributed by atoms with Crippen molar-refractivity contribution in [2.45, 2.75) is 6.61 Å². The Morgan fingerprint density at radius 3 is 2.40 bits per heavy atom. The molecule has 0 unspecified atom stereocenters. The molecule has 0 spiro atoms. The second-order valence-corrected chi connectivity index (χ2v) is 3.15. The van der Waals surface area contributed by atoms with Crippen molar-refractivity contribution in [1.29, 1.82) is 0 Å². The summed E-state index contributed by atoms with van der Waals surface area (Å²) in [6.45, 7) is -0.0733. The highest BCUT2D eigenvalue weighted by atomic mass is 16.5. The van der Waals surface area contributed by atoms with Gasteiger partial charge in [0.05, 0.1) is 7.11 Å². The average Bonchev–Trinajstić information content (AvgIpc) is 2.78. The molecule has 3 nitrogen and oxygen atoms in total. The SMILES string of the molecule is COc1ccc(-c2ccc(CO)o2)cc1. The van der Waals surface area contributed by atoms with Crippen LogP contribution in [0.3, 0.4) is 0 Å². The van der Waals surface area contributed by atoms with Crippen LogP contribution >= 0.6 is 0 Å². The molecule has 1 N–H and O–H groups in total. The van der Waals surface area contributed by atoms with Crippen molar-refractivity contribution in [3.63, 3.8) is 0 Å². The van der Waals surface area contributed by atoms with E-state index in [1.165, 1.54) is 0 Å². The lowest BCUT2D eigenvalue weighted by atomic mass is 10.2. The maximum Gasteiger partial charge on any atom is 0.134 e. The van der Waals surface area contributed by atoms with Crippen LogP contribution in [0.25, 0.3) is 11.3 Å². The molecule has 0 radical (unpaired) electrons. The van der Waals surface area contributed by atoms with E-state index in [0.717, 1.165) is 17.1 Å². The summed E-state index contributed by atoms with van der Waals surface area (Å²) in [5.74, 6) is 2.13. The van der Waals surface area contributed by atoms with Gasteiger partial charge in [-0.1, -0.05) is 0 Å². The molecule has 0 amide bonds. The summed E-state index contributed by atoms with van der Waals surface area (Å²) in [7, 11) is 1.63. The van der Waals surface area contributed by atoms with Crippen LogP contribution in [-0.2, 0) is 6.61 Å². The Bertz CT molecular complexity index is 428. The monoisotopic (exact) mass is 204 g/mol. The lowest BCUT2D eigenvalue weighted by Gasteiger charge is -2.00. The van der Waals surface area contributed by atoms with E-state index < -0.39 is 0 Å². The minimum atomic E-state index is -0.0733. The molecule has 1 heterocycles. The fourth-order valence-electron chi connectivity index (χ4n) is 1.37. The van der Waals surface area contributed by atoms with E-state index >= 15 is 0 Å². The third kappa shape index (κ3) is 2.02. The minimum Gasteiger partial charge on any atom is -0.497 e. The lowest BCUT2D eigenvalue weighted by molar-refractivity contribution is 0.248. The first-order valence-electron chi connectivity index (χ1n) is 4.67. The van der Waals surface area contributed by atoms with E-state index in [9.17, 15) is 0 Å². The van der Waals surface area contributed by atoms with Crippen LogP contribution in [0.4, 0.5) is 0 Å². The number of benzene rings is 1. The molecule has 1 aromatic heterocycles. The third-order valence-electron chi connectivity index (χ3n) is 2.19. The predicted octanol–water partition coefficient (Wildman–Crippen LogP) is 2.45.